The molecule has 4 heteroatoms. The zero-order valence-corrected chi connectivity index (χ0v) is 13.2. The number of carbonyl (C=O) groups is 1. The van der Waals surface area contributed by atoms with Crippen LogP contribution in [0.15, 0.2) is 0 Å². The first-order valence-electron chi connectivity index (χ1n) is 8.28. The van der Waals surface area contributed by atoms with Crippen molar-refractivity contribution in [1.82, 2.24) is 10.6 Å². The Bertz CT molecular complexity index is 318. The lowest BCUT2D eigenvalue weighted by Crippen LogP contribution is -2.27. The molecule has 4 atom stereocenters. The molecule has 2 saturated carbocycles. The second-order valence-corrected chi connectivity index (χ2v) is 6.97. The van der Waals surface area contributed by atoms with E-state index in [9.17, 15) is 4.79 Å². The van der Waals surface area contributed by atoms with Crippen molar-refractivity contribution < 1.29 is 4.79 Å². The number of hydrogen-bond donors (Lipinski definition) is 2. The third-order valence-corrected chi connectivity index (χ3v) is 5.66. The number of carbonyl (C=O) groups excluding carboxylic acids is 1. The third-order valence-electron chi connectivity index (χ3n) is 5.66. The van der Waals surface area contributed by atoms with Crippen LogP contribution in [-0.2, 0) is 4.79 Å². The van der Waals surface area contributed by atoms with Crippen molar-refractivity contribution in [3.63, 3.8) is 0 Å². The third kappa shape index (κ3) is 4.11. The number of nitrogens with one attached hydrogen (secondary N) is 2. The minimum absolute atomic E-state index is 0. The molecule has 20 heavy (non-hydrogen) atoms. The van der Waals surface area contributed by atoms with Crippen LogP contribution in [-0.4, -0.2) is 25.5 Å². The average molecular weight is 301 g/mol. The summed E-state index contributed by atoms with van der Waals surface area (Å²) in [5, 5.41) is 6.49. The number of halogens is 1. The van der Waals surface area contributed by atoms with Gasteiger partial charge in [0, 0.05) is 13.0 Å². The van der Waals surface area contributed by atoms with Gasteiger partial charge in [-0.25, -0.2) is 0 Å². The van der Waals surface area contributed by atoms with E-state index in [2.05, 4.69) is 10.6 Å². The Balaban J connectivity index is 0.00000147. The summed E-state index contributed by atoms with van der Waals surface area (Å²) in [6.07, 6.45) is 10.1. The molecule has 2 aliphatic carbocycles. The van der Waals surface area contributed by atoms with Gasteiger partial charge in [0.15, 0.2) is 0 Å². The Kier molecular flexibility index (Phi) is 6.16. The normalized spacial score (nSPS) is 35.0. The Labute approximate surface area is 129 Å². The summed E-state index contributed by atoms with van der Waals surface area (Å²) in [7, 11) is 0. The highest BCUT2D eigenvalue weighted by Gasteiger charge is 2.38. The molecule has 0 spiro atoms. The molecule has 3 nitrogen and oxygen atoms in total. The molecule has 3 rings (SSSR count). The molecular weight excluding hydrogens is 272 g/mol. The van der Waals surface area contributed by atoms with Crippen molar-refractivity contribution in [2.45, 2.75) is 51.4 Å². The van der Waals surface area contributed by atoms with Crippen LogP contribution in [0.1, 0.15) is 51.4 Å². The molecule has 0 aromatic rings. The van der Waals surface area contributed by atoms with Gasteiger partial charge >= 0.3 is 0 Å². The van der Waals surface area contributed by atoms with Crippen LogP contribution in [0.5, 0.6) is 0 Å². The van der Waals surface area contributed by atoms with Gasteiger partial charge in [-0.15, -0.1) is 12.4 Å². The summed E-state index contributed by atoms with van der Waals surface area (Å²) in [5.74, 6) is 3.94. The van der Waals surface area contributed by atoms with Gasteiger partial charge in [0.2, 0.25) is 5.91 Å². The second-order valence-electron chi connectivity index (χ2n) is 6.97. The first-order chi connectivity index (χ1) is 9.31. The van der Waals surface area contributed by atoms with Gasteiger partial charge < -0.3 is 10.6 Å². The molecule has 116 valence electrons. The van der Waals surface area contributed by atoms with E-state index in [0.29, 0.717) is 0 Å². The highest BCUT2D eigenvalue weighted by atomic mass is 35.5. The van der Waals surface area contributed by atoms with Crippen LogP contribution in [0.4, 0.5) is 0 Å². The van der Waals surface area contributed by atoms with Crippen molar-refractivity contribution in [3.05, 3.63) is 0 Å². The van der Waals surface area contributed by atoms with Crippen molar-refractivity contribution in [3.8, 4) is 0 Å². The van der Waals surface area contributed by atoms with E-state index < -0.39 is 0 Å². The molecule has 2 N–H and O–H groups in total. The van der Waals surface area contributed by atoms with Gasteiger partial charge in [-0.3, -0.25) is 4.79 Å². The zero-order chi connectivity index (χ0) is 13.1. The van der Waals surface area contributed by atoms with Gasteiger partial charge in [-0.05, 0) is 75.3 Å². The van der Waals surface area contributed by atoms with E-state index in [1.54, 1.807) is 0 Å². The fourth-order valence-corrected chi connectivity index (χ4v) is 4.51. The summed E-state index contributed by atoms with van der Waals surface area (Å²) in [6, 6.07) is 0. The monoisotopic (exact) mass is 300 g/mol. The molecule has 1 saturated heterocycles. The van der Waals surface area contributed by atoms with E-state index in [1.165, 1.54) is 38.5 Å². The first-order valence-corrected chi connectivity index (χ1v) is 8.28. The minimum atomic E-state index is 0. The molecule has 1 aliphatic heterocycles. The van der Waals surface area contributed by atoms with Crippen LogP contribution < -0.4 is 10.6 Å². The SMILES string of the molecule is Cl.O=C(CCC1CCNC1)NCCC1CC2CCC1C2. The first kappa shape index (κ1) is 16.1. The topological polar surface area (TPSA) is 41.1 Å². The highest BCUT2D eigenvalue weighted by Crippen LogP contribution is 2.49. The fraction of sp³-hybridized carbons (Fsp3) is 0.938. The Morgan fingerprint density at radius 3 is 2.70 bits per heavy atom. The lowest BCUT2D eigenvalue weighted by Gasteiger charge is -2.21. The lowest BCUT2D eigenvalue weighted by atomic mass is 9.86. The van der Waals surface area contributed by atoms with Crippen LogP contribution in [0.25, 0.3) is 0 Å². The van der Waals surface area contributed by atoms with E-state index in [0.717, 1.165) is 56.1 Å². The van der Waals surface area contributed by atoms with E-state index in [4.69, 9.17) is 0 Å². The van der Waals surface area contributed by atoms with Crippen LogP contribution in [0, 0.1) is 23.7 Å². The summed E-state index contributed by atoms with van der Waals surface area (Å²) < 4.78 is 0. The highest BCUT2D eigenvalue weighted by molar-refractivity contribution is 5.85. The quantitative estimate of drug-likeness (QED) is 0.792. The van der Waals surface area contributed by atoms with Crippen LogP contribution in [0.2, 0.25) is 0 Å². The van der Waals surface area contributed by atoms with Crippen molar-refractivity contribution in [1.29, 1.82) is 0 Å². The molecule has 1 amide bonds. The summed E-state index contributed by atoms with van der Waals surface area (Å²) in [6.45, 7) is 3.16. The predicted molar refractivity (Wildman–Crippen MR) is 84.0 cm³/mol. The maximum absolute atomic E-state index is 11.8. The Morgan fingerprint density at radius 1 is 1.15 bits per heavy atom. The summed E-state index contributed by atoms with van der Waals surface area (Å²) in [5.41, 5.74) is 0. The molecular formula is C16H29ClN2O. The molecule has 1 heterocycles. The summed E-state index contributed by atoms with van der Waals surface area (Å²) in [4.78, 5) is 11.8. The van der Waals surface area contributed by atoms with Gasteiger partial charge in [0.25, 0.3) is 0 Å². The van der Waals surface area contributed by atoms with Gasteiger partial charge in [0.05, 0.1) is 0 Å². The lowest BCUT2D eigenvalue weighted by molar-refractivity contribution is -0.121. The Hall–Kier alpha value is -0.280. The maximum Gasteiger partial charge on any atom is 0.220 e. The fourth-order valence-electron chi connectivity index (χ4n) is 4.51. The average Bonchev–Trinajstić information content (AvgIpc) is 3.13. The molecule has 2 bridgehead atoms. The predicted octanol–water partition coefficient (Wildman–Crippen LogP) is 2.74. The Morgan fingerprint density at radius 2 is 2.05 bits per heavy atom. The van der Waals surface area contributed by atoms with E-state index in [-0.39, 0.29) is 18.3 Å². The maximum atomic E-state index is 11.8. The van der Waals surface area contributed by atoms with Gasteiger partial charge in [-0.1, -0.05) is 6.42 Å². The second kappa shape index (κ2) is 7.65. The number of hydrogen-bond acceptors (Lipinski definition) is 2. The largest absolute Gasteiger partial charge is 0.356 e. The number of fused-ring (bicyclic) bond motifs is 2. The van der Waals surface area contributed by atoms with Crippen molar-refractivity contribution in [2.24, 2.45) is 23.7 Å². The van der Waals surface area contributed by atoms with Crippen LogP contribution >= 0.6 is 12.4 Å². The standard InChI is InChI=1S/C16H28N2O.ClH/c19-16(4-2-12-5-7-17-11-12)18-8-6-15-10-13-1-3-14(15)9-13;/h12-15,17H,1-11H2,(H,18,19);1H. The molecule has 4 unspecified atom stereocenters. The van der Waals surface area contributed by atoms with Gasteiger partial charge in [0.1, 0.15) is 0 Å². The minimum Gasteiger partial charge on any atom is -0.356 e. The number of amides is 1. The van der Waals surface area contributed by atoms with Gasteiger partial charge in [-0.2, -0.15) is 0 Å². The molecule has 0 aromatic heterocycles. The van der Waals surface area contributed by atoms with E-state index in [1.807, 2.05) is 0 Å². The van der Waals surface area contributed by atoms with E-state index >= 15 is 0 Å². The zero-order valence-electron chi connectivity index (χ0n) is 12.4. The van der Waals surface area contributed by atoms with Crippen LogP contribution in [0.3, 0.4) is 0 Å². The smallest absolute Gasteiger partial charge is 0.220 e. The summed E-state index contributed by atoms with van der Waals surface area (Å²) >= 11 is 0. The van der Waals surface area contributed by atoms with Crippen molar-refractivity contribution >= 4 is 18.3 Å². The molecule has 0 radical (unpaired) electrons. The number of rotatable bonds is 6. The molecule has 3 aliphatic rings. The molecule has 0 aromatic carbocycles. The molecule has 3 fully saturated rings. The van der Waals surface area contributed by atoms with Crippen molar-refractivity contribution in [2.75, 3.05) is 19.6 Å².